The fourth-order valence-corrected chi connectivity index (χ4v) is 3.36. The number of aryl methyl sites for hydroxylation is 1. The first-order valence-electron chi connectivity index (χ1n) is 6.31. The van der Waals surface area contributed by atoms with Crippen LogP contribution in [0.1, 0.15) is 43.9 Å². The fourth-order valence-electron chi connectivity index (χ4n) is 2.60. The lowest BCUT2D eigenvalue weighted by Gasteiger charge is -2.26. The molecule has 2 rings (SSSR count). The standard InChI is InChI=1S/C13H19N3S/c1-9-4-3-5-11(6-9)8-15-13-12(7-14)10(2)16-17-13/h9,11,15H,3-6,8H2,1-2H3. The van der Waals surface area contributed by atoms with Gasteiger partial charge in [-0.1, -0.05) is 19.8 Å². The Balaban J connectivity index is 1.91. The quantitative estimate of drug-likeness (QED) is 0.891. The summed E-state index contributed by atoms with van der Waals surface area (Å²) in [5.41, 5.74) is 1.57. The van der Waals surface area contributed by atoms with Crippen molar-refractivity contribution in [1.29, 1.82) is 5.26 Å². The second-order valence-electron chi connectivity index (χ2n) is 5.10. The van der Waals surface area contributed by atoms with Crippen molar-refractivity contribution in [2.24, 2.45) is 11.8 Å². The lowest BCUT2D eigenvalue weighted by molar-refractivity contribution is 0.293. The zero-order valence-electron chi connectivity index (χ0n) is 10.5. The molecule has 1 aromatic heterocycles. The molecular weight excluding hydrogens is 230 g/mol. The van der Waals surface area contributed by atoms with E-state index in [0.29, 0.717) is 0 Å². The van der Waals surface area contributed by atoms with E-state index in [4.69, 9.17) is 5.26 Å². The first-order chi connectivity index (χ1) is 8.20. The molecule has 0 spiro atoms. The molecule has 1 aromatic rings. The van der Waals surface area contributed by atoms with Crippen molar-refractivity contribution >= 4 is 16.5 Å². The van der Waals surface area contributed by atoms with Crippen molar-refractivity contribution in [3.8, 4) is 6.07 Å². The molecular formula is C13H19N3S. The summed E-state index contributed by atoms with van der Waals surface area (Å²) in [5.74, 6) is 1.61. The van der Waals surface area contributed by atoms with Crippen molar-refractivity contribution in [2.45, 2.75) is 39.5 Å². The first-order valence-corrected chi connectivity index (χ1v) is 7.08. The third-order valence-electron chi connectivity index (χ3n) is 3.57. The molecule has 0 bridgehead atoms. The summed E-state index contributed by atoms with van der Waals surface area (Å²) < 4.78 is 4.22. The van der Waals surface area contributed by atoms with Gasteiger partial charge in [0.2, 0.25) is 0 Å². The molecule has 4 heteroatoms. The predicted molar refractivity (Wildman–Crippen MR) is 71.2 cm³/mol. The maximum absolute atomic E-state index is 9.04. The number of nitrogens with one attached hydrogen (secondary N) is 1. The third kappa shape index (κ3) is 2.98. The van der Waals surface area contributed by atoms with Crippen molar-refractivity contribution < 1.29 is 0 Å². The Bertz CT molecular complexity index is 419. The van der Waals surface area contributed by atoms with E-state index in [-0.39, 0.29) is 0 Å². The molecule has 2 unspecified atom stereocenters. The summed E-state index contributed by atoms with van der Waals surface area (Å²) in [4.78, 5) is 0. The van der Waals surface area contributed by atoms with E-state index in [1.165, 1.54) is 37.2 Å². The monoisotopic (exact) mass is 249 g/mol. The highest BCUT2D eigenvalue weighted by Crippen LogP contribution is 2.30. The molecule has 0 saturated heterocycles. The van der Waals surface area contributed by atoms with E-state index in [0.717, 1.165) is 34.6 Å². The van der Waals surface area contributed by atoms with Crippen LogP contribution in [0.4, 0.5) is 5.00 Å². The molecule has 1 aliphatic carbocycles. The lowest BCUT2D eigenvalue weighted by atomic mass is 9.82. The van der Waals surface area contributed by atoms with Gasteiger partial charge in [-0.25, -0.2) is 0 Å². The predicted octanol–water partition coefficient (Wildman–Crippen LogP) is 3.56. The number of nitrogens with zero attached hydrogens (tertiary/aromatic N) is 2. The highest BCUT2D eigenvalue weighted by atomic mass is 32.1. The molecule has 1 heterocycles. The maximum Gasteiger partial charge on any atom is 0.127 e. The Morgan fingerprint density at radius 3 is 3.06 bits per heavy atom. The van der Waals surface area contributed by atoms with Gasteiger partial charge >= 0.3 is 0 Å². The molecule has 92 valence electrons. The van der Waals surface area contributed by atoms with E-state index >= 15 is 0 Å². The minimum Gasteiger partial charge on any atom is -0.374 e. The van der Waals surface area contributed by atoms with E-state index in [1.54, 1.807) is 0 Å². The molecule has 0 radical (unpaired) electrons. The smallest absolute Gasteiger partial charge is 0.127 e. The number of rotatable bonds is 3. The largest absolute Gasteiger partial charge is 0.374 e. The topological polar surface area (TPSA) is 48.7 Å². The molecule has 0 amide bonds. The zero-order chi connectivity index (χ0) is 12.3. The average molecular weight is 249 g/mol. The Kier molecular flexibility index (Phi) is 4.01. The second-order valence-corrected chi connectivity index (χ2v) is 5.88. The summed E-state index contributed by atoms with van der Waals surface area (Å²) in [6.45, 7) is 5.22. The van der Waals surface area contributed by atoms with Gasteiger partial charge < -0.3 is 5.32 Å². The van der Waals surface area contributed by atoms with E-state index in [9.17, 15) is 0 Å². The van der Waals surface area contributed by atoms with Gasteiger partial charge in [-0.2, -0.15) is 9.64 Å². The molecule has 3 nitrogen and oxygen atoms in total. The number of aromatic nitrogens is 1. The SMILES string of the molecule is Cc1nsc(NCC2CCCC(C)C2)c1C#N. The van der Waals surface area contributed by atoms with Crippen LogP contribution in [0.2, 0.25) is 0 Å². The summed E-state index contributed by atoms with van der Waals surface area (Å²) in [5, 5.41) is 13.4. The Morgan fingerprint density at radius 1 is 1.53 bits per heavy atom. The van der Waals surface area contributed by atoms with Gasteiger partial charge in [-0.3, -0.25) is 0 Å². The van der Waals surface area contributed by atoms with Gasteiger partial charge in [0.15, 0.2) is 0 Å². The van der Waals surface area contributed by atoms with Crippen molar-refractivity contribution in [3.63, 3.8) is 0 Å². The van der Waals surface area contributed by atoms with E-state index < -0.39 is 0 Å². The van der Waals surface area contributed by atoms with Crippen LogP contribution in [-0.4, -0.2) is 10.9 Å². The van der Waals surface area contributed by atoms with Crippen LogP contribution in [0.25, 0.3) is 0 Å². The molecule has 2 atom stereocenters. The molecule has 1 N–H and O–H groups in total. The zero-order valence-corrected chi connectivity index (χ0v) is 11.3. The molecule has 1 aliphatic rings. The maximum atomic E-state index is 9.04. The van der Waals surface area contributed by atoms with Crippen LogP contribution < -0.4 is 5.32 Å². The van der Waals surface area contributed by atoms with Crippen LogP contribution in [-0.2, 0) is 0 Å². The third-order valence-corrected chi connectivity index (χ3v) is 4.47. The second kappa shape index (κ2) is 5.50. The van der Waals surface area contributed by atoms with Crippen LogP contribution in [0, 0.1) is 30.1 Å². The first kappa shape index (κ1) is 12.4. The summed E-state index contributed by atoms with van der Waals surface area (Å²) in [7, 11) is 0. The number of nitriles is 1. The van der Waals surface area contributed by atoms with Crippen molar-refractivity contribution in [2.75, 3.05) is 11.9 Å². The Morgan fingerprint density at radius 2 is 2.35 bits per heavy atom. The Hall–Kier alpha value is -1.08. The van der Waals surface area contributed by atoms with Gasteiger partial charge in [-0.05, 0) is 43.1 Å². The fraction of sp³-hybridized carbons (Fsp3) is 0.692. The van der Waals surface area contributed by atoms with Gasteiger partial charge in [0, 0.05) is 6.54 Å². The number of hydrogen-bond acceptors (Lipinski definition) is 4. The summed E-state index contributed by atoms with van der Waals surface area (Å²) >= 11 is 1.41. The average Bonchev–Trinajstić information content (AvgIpc) is 2.67. The summed E-state index contributed by atoms with van der Waals surface area (Å²) in [6, 6.07) is 2.23. The van der Waals surface area contributed by atoms with Crippen LogP contribution in [0.5, 0.6) is 0 Å². The van der Waals surface area contributed by atoms with Crippen LogP contribution in [0.15, 0.2) is 0 Å². The highest BCUT2D eigenvalue weighted by Gasteiger charge is 2.19. The normalized spacial score (nSPS) is 24.3. The molecule has 1 saturated carbocycles. The van der Waals surface area contributed by atoms with Crippen LogP contribution in [0.3, 0.4) is 0 Å². The van der Waals surface area contributed by atoms with Gasteiger partial charge in [0.25, 0.3) is 0 Å². The van der Waals surface area contributed by atoms with E-state index in [2.05, 4.69) is 22.7 Å². The van der Waals surface area contributed by atoms with Crippen molar-refractivity contribution in [3.05, 3.63) is 11.3 Å². The molecule has 0 aromatic carbocycles. The van der Waals surface area contributed by atoms with Gasteiger partial charge in [-0.15, -0.1) is 0 Å². The summed E-state index contributed by atoms with van der Waals surface area (Å²) in [6.07, 6.45) is 5.35. The highest BCUT2D eigenvalue weighted by molar-refractivity contribution is 7.10. The molecule has 1 fully saturated rings. The van der Waals surface area contributed by atoms with Gasteiger partial charge in [0.1, 0.15) is 16.6 Å². The van der Waals surface area contributed by atoms with E-state index in [1.807, 2.05) is 6.92 Å². The number of anilines is 1. The van der Waals surface area contributed by atoms with Crippen molar-refractivity contribution in [1.82, 2.24) is 4.37 Å². The minimum absolute atomic E-state index is 0.721. The van der Waals surface area contributed by atoms with Gasteiger partial charge in [0.05, 0.1) is 5.69 Å². The lowest BCUT2D eigenvalue weighted by Crippen LogP contribution is -2.20. The molecule has 17 heavy (non-hydrogen) atoms. The minimum atomic E-state index is 0.721. The molecule has 0 aliphatic heterocycles. The number of hydrogen-bond donors (Lipinski definition) is 1. The van der Waals surface area contributed by atoms with Crippen LogP contribution >= 0.6 is 11.5 Å². The Labute approximate surface area is 107 Å².